The highest BCUT2D eigenvalue weighted by atomic mass is 19.1. The van der Waals surface area contributed by atoms with Gasteiger partial charge < -0.3 is 9.84 Å². The summed E-state index contributed by atoms with van der Waals surface area (Å²) >= 11 is 0. The van der Waals surface area contributed by atoms with Gasteiger partial charge in [-0.1, -0.05) is 0 Å². The summed E-state index contributed by atoms with van der Waals surface area (Å²) in [4.78, 5) is 21.0. The highest BCUT2D eigenvalue weighted by Gasteiger charge is 2.17. The Bertz CT molecular complexity index is 669. The number of hydrogen-bond donors (Lipinski definition) is 1. The van der Waals surface area contributed by atoms with E-state index in [4.69, 9.17) is 9.84 Å². The summed E-state index contributed by atoms with van der Waals surface area (Å²) in [7, 11) is 0. The quantitative estimate of drug-likeness (QED) is 0.684. The fraction of sp³-hybridized carbons (Fsp3) is 0. The first-order valence-corrected chi connectivity index (χ1v) is 5.42. The Morgan fingerprint density at radius 1 is 1.20 bits per heavy atom. The number of ether oxygens (including phenoxy) is 1. The topological polar surface area (TPSA) is 89.7 Å². The van der Waals surface area contributed by atoms with Crippen LogP contribution in [0.4, 0.5) is 10.1 Å². The van der Waals surface area contributed by atoms with E-state index >= 15 is 0 Å². The molecule has 0 atom stereocenters. The lowest BCUT2D eigenvalue weighted by atomic mass is 10.2. The Hall–Kier alpha value is -2.96. The molecule has 0 unspecified atom stereocenters. The maximum Gasteiger partial charge on any atom is 0.339 e. The zero-order chi connectivity index (χ0) is 14.7. The molecule has 0 saturated heterocycles. The van der Waals surface area contributed by atoms with E-state index in [0.717, 1.165) is 24.3 Å². The molecule has 0 bridgehead atoms. The minimum atomic E-state index is -1.36. The van der Waals surface area contributed by atoms with E-state index in [1.807, 2.05) is 0 Å². The van der Waals surface area contributed by atoms with Crippen molar-refractivity contribution >= 4 is 11.7 Å². The van der Waals surface area contributed by atoms with E-state index < -0.39 is 16.7 Å². The van der Waals surface area contributed by atoms with Crippen molar-refractivity contribution in [2.45, 2.75) is 0 Å². The van der Waals surface area contributed by atoms with E-state index in [9.17, 15) is 19.3 Å². The van der Waals surface area contributed by atoms with Gasteiger partial charge in [-0.15, -0.1) is 0 Å². The van der Waals surface area contributed by atoms with Gasteiger partial charge in [-0.2, -0.15) is 0 Å². The smallest absolute Gasteiger partial charge is 0.339 e. The molecule has 0 aliphatic carbocycles. The van der Waals surface area contributed by atoms with Gasteiger partial charge in [0.05, 0.1) is 4.92 Å². The molecular formula is C13H8FNO5. The van der Waals surface area contributed by atoms with Gasteiger partial charge in [-0.05, 0) is 30.3 Å². The molecular weight excluding hydrogens is 269 g/mol. The lowest BCUT2D eigenvalue weighted by molar-refractivity contribution is -0.384. The predicted octanol–water partition coefficient (Wildman–Crippen LogP) is 3.22. The molecule has 0 heterocycles. The SMILES string of the molecule is O=C(O)c1cc([N+](=O)[O-])ccc1Oc1ccc(F)cc1. The number of rotatable bonds is 4. The summed E-state index contributed by atoms with van der Waals surface area (Å²) in [5.74, 6) is -1.65. The van der Waals surface area contributed by atoms with Gasteiger partial charge in [0, 0.05) is 12.1 Å². The van der Waals surface area contributed by atoms with Crippen LogP contribution in [0.25, 0.3) is 0 Å². The molecule has 2 aromatic carbocycles. The van der Waals surface area contributed by atoms with Crippen molar-refractivity contribution in [3.8, 4) is 11.5 Å². The van der Waals surface area contributed by atoms with Gasteiger partial charge in [0.25, 0.3) is 5.69 Å². The first-order valence-electron chi connectivity index (χ1n) is 5.42. The van der Waals surface area contributed by atoms with Crippen molar-refractivity contribution in [2.24, 2.45) is 0 Å². The Balaban J connectivity index is 2.38. The summed E-state index contributed by atoms with van der Waals surface area (Å²) in [5.41, 5.74) is -0.697. The number of aromatic carboxylic acids is 1. The summed E-state index contributed by atoms with van der Waals surface area (Å²) in [5, 5.41) is 19.6. The number of hydrogen-bond acceptors (Lipinski definition) is 4. The Labute approximate surface area is 112 Å². The summed E-state index contributed by atoms with van der Waals surface area (Å²) in [6.07, 6.45) is 0. The molecule has 0 radical (unpaired) electrons. The van der Waals surface area contributed by atoms with E-state index in [1.165, 1.54) is 18.2 Å². The molecule has 2 aromatic rings. The number of carbonyl (C=O) groups is 1. The van der Waals surface area contributed by atoms with Crippen molar-refractivity contribution in [3.05, 3.63) is 64.0 Å². The third-order valence-corrected chi connectivity index (χ3v) is 2.45. The molecule has 0 aromatic heterocycles. The van der Waals surface area contributed by atoms with Crippen molar-refractivity contribution < 1.29 is 24.0 Å². The minimum absolute atomic E-state index is 0.0605. The standard InChI is InChI=1S/C13H8FNO5/c14-8-1-4-10(5-2-8)20-12-6-3-9(15(18)19)7-11(12)13(16)17/h1-7H,(H,16,17). The number of nitro groups is 1. The number of carboxylic acids is 1. The number of benzene rings is 2. The number of nitro benzene ring substituents is 1. The van der Waals surface area contributed by atoms with Gasteiger partial charge in [0.1, 0.15) is 22.9 Å². The number of non-ortho nitro benzene ring substituents is 1. The molecule has 0 aliphatic rings. The molecule has 0 fully saturated rings. The van der Waals surface area contributed by atoms with Gasteiger partial charge in [-0.25, -0.2) is 9.18 Å². The number of nitrogens with zero attached hydrogens (tertiary/aromatic N) is 1. The normalized spacial score (nSPS) is 10.1. The molecule has 0 spiro atoms. The maximum atomic E-state index is 12.8. The average molecular weight is 277 g/mol. The Morgan fingerprint density at radius 3 is 2.40 bits per heavy atom. The second-order valence-electron chi connectivity index (χ2n) is 3.80. The fourth-order valence-electron chi connectivity index (χ4n) is 1.52. The second-order valence-corrected chi connectivity index (χ2v) is 3.80. The molecule has 102 valence electrons. The lowest BCUT2D eigenvalue weighted by Crippen LogP contribution is -2.01. The first-order chi connectivity index (χ1) is 9.47. The molecule has 0 aliphatic heterocycles. The first kappa shape index (κ1) is 13.5. The Morgan fingerprint density at radius 2 is 1.85 bits per heavy atom. The Kier molecular flexibility index (Phi) is 3.60. The van der Waals surface area contributed by atoms with Crippen molar-refractivity contribution in [1.82, 2.24) is 0 Å². The van der Waals surface area contributed by atoms with Crippen LogP contribution in [-0.4, -0.2) is 16.0 Å². The van der Waals surface area contributed by atoms with Crippen molar-refractivity contribution in [2.75, 3.05) is 0 Å². The van der Waals surface area contributed by atoms with Gasteiger partial charge in [0.2, 0.25) is 0 Å². The van der Waals surface area contributed by atoms with E-state index in [1.54, 1.807) is 0 Å². The zero-order valence-corrected chi connectivity index (χ0v) is 9.95. The predicted molar refractivity (Wildman–Crippen MR) is 66.5 cm³/mol. The van der Waals surface area contributed by atoms with E-state index in [0.29, 0.717) is 0 Å². The zero-order valence-electron chi connectivity index (χ0n) is 9.95. The maximum absolute atomic E-state index is 12.8. The van der Waals surface area contributed by atoms with Gasteiger partial charge in [0.15, 0.2) is 0 Å². The molecule has 0 amide bonds. The second kappa shape index (κ2) is 5.35. The number of carboxylic acid groups (broad SMARTS) is 1. The third kappa shape index (κ3) is 2.89. The van der Waals surface area contributed by atoms with E-state index in [2.05, 4.69) is 0 Å². The van der Waals surface area contributed by atoms with Crippen LogP contribution in [0.15, 0.2) is 42.5 Å². The van der Waals surface area contributed by atoms with Crippen LogP contribution < -0.4 is 4.74 Å². The molecule has 2 rings (SSSR count). The highest BCUT2D eigenvalue weighted by molar-refractivity contribution is 5.91. The van der Waals surface area contributed by atoms with Gasteiger partial charge >= 0.3 is 5.97 Å². The lowest BCUT2D eigenvalue weighted by Gasteiger charge is -2.08. The van der Waals surface area contributed by atoms with Crippen LogP contribution in [0.1, 0.15) is 10.4 Å². The van der Waals surface area contributed by atoms with Crippen LogP contribution in [0.5, 0.6) is 11.5 Å². The summed E-state index contributed by atoms with van der Waals surface area (Å²) in [6.45, 7) is 0. The van der Waals surface area contributed by atoms with E-state index in [-0.39, 0.29) is 22.7 Å². The molecule has 6 nitrogen and oxygen atoms in total. The van der Waals surface area contributed by atoms with Crippen LogP contribution in [0.3, 0.4) is 0 Å². The van der Waals surface area contributed by atoms with Crippen LogP contribution in [-0.2, 0) is 0 Å². The van der Waals surface area contributed by atoms with Crippen LogP contribution in [0, 0.1) is 15.9 Å². The molecule has 0 saturated carbocycles. The van der Waals surface area contributed by atoms with Crippen molar-refractivity contribution in [1.29, 1.82) is 0 Å². The van der Waals surface area contributed by atoms with Crippen molar-refractivity contribution in [3.63, 3.8) is 0 Å². The minimum Gasteiger partial charge on any atom is -0.478 e. The molecule has 7 heteroatoms. The van der Waals surface area contributed by atoms with Crippen LogP contribution in [0.2, 0.25) is 0 Å². The highest BCUT2D eigenvalue weighted by Crippen LogP contribution is 2.28. The summed E-state index contributed by atoms with van der Waals surface area (Å²) < 4.78 is 18.0. The van der Waals surface area contributed by atoms with Gasteiger partial charge in [-0.3, -0.25) is 10.1 Å². The number of halogens is 1. The van der Waals surface area contributed by atoms with Crippen LogP contribution >= 0.6 is 0 Å². The summed E-state index contributed by atoms with van der Waals surface area (Å²) in [6, 6.07) is 8.17. The molecule has 20 heavy (non-hydrogen) atoms. The monoisotopic (exact) mass is 277 g/mol. The average Bonchev–Trinajstić information content (AvgIpc) is 2.41. The largest absolute Gasteiger partial charge is 0.478 e. The molecule has 1 N–H and O–H groups in total. The fourth-order valence-corrected chi connectivity index (χ4v) is 1.52. The third-order valence-electron chi connectivity index (χ3n) is 2.45.